The van der Waals surface area contributed by atoms with Gasteiger partial charge >= 0.3 is 36.4 Å². The van der Waals surface area contributed by atoms with Gasteiger partial charge in [0.15, 0.2) is 0 Å². The minimum atomic E-state index is -5.17. The normalized spacial score (nSPS) is 11.8. The van der Waals surface area contributed by atoms with Gasteiger partial charge in [-0.25, -0.2) is 0 Å². The first-order chi connectivity index (χ1) is 4.00. The molecule has 0 aromatic carbocycles. The van der Waals surface area contributed by atoms with Crippen molar-refractivity contribution in [3.63, 3.8) is 0 Å². The number of hydrogen-bond donors (Lipinski definition) is 0. The van der Waals surface area contributed by atoms with E-state index in [0.29, 0.717) is 0 Å². The van der Waals surface area contributed by atoms with Crippen molar-refractivity contribution in [1.29, 1.82) is 0 Å². The molecule has 0 saturated heterocycles. The molecule has 0 saturated carbocycles. The second kappa shape index (κ2) is 4.34. The summed E-state index contributed by atoms with van der Waals surface area (Å²) in [6.45, 7) is 0. The number of hydrogen-bond acceptors (Lipinski definition) is 4. The molecule has 64 valence electrons. The molecule has 0 radical (unpaired) electrons. The molecule has 0 aliphatic heterocycles. The van der Waals surface area contributed by atoms with Gasteiger partial charge in [-0.3, -0.25) is 8.42 Å². The summed E-state index contributed by atoms with van der Waals surface area (Å²) in [5.41, 5.74) is 9.44. The Morgan fingerprint density at radius 1 is 1.00 bits per heavy atom. The molecule has 0 atom stereocenters. The fourth-order valence-electron chi connectivity index (χ4n) is 0. The average molecular weight is 231 g/mol. The first-order valence-corrected chi connectivity index (χ1v) is 11.3. The molecular formula is C4H12AsO4S-. The molecule has 0 aromatic rings. The topological polar surface area (TPSA) is 80.3 Å². The Balaban J connectivity index is 0. The molecule has 0 amide bonds. The van der Waals surface area contributed by atoms with Crippen LogP contribution in [0.3, 0.4) is 0 Å². The van der Waals surface area contributed by atoms with Crippen LogP contribution in [0, 0.1) is 0 Å². The molecule has 0 rings (SSSR count). The van der Waals surface area contributed by atoms with E-state index in [0.717, 1.165) is 0 Å². The van der Waals surface area contributed by atoms with E-state index < -0.39 is 24.0 Å². The van der Waals surface area contributed by atoms with Gasteiger partial charge in [0.05, 0.1) is 0 Å². The van der Waals surface area contributed by atoms with E-state index in [-0.39, 0.29) is 0 Å². The zero-order valence-corrected chi connectivity index (χ0v) is 9.18. The van der Waals surface area contributed by atoms with E-state index in [1.807, 2.05) is 0 Å². The maximum absolute atomic E-state index is 8.52. The van der Waals surface area contributed by atoms with Gasteiger partial charge in [-0.1, -0.05) is 0 Å². The maximum Gasteiger partial charge on any atom is 0.0311 e. The van der Waals surface area contributed by atoms with E-state index >= 15 is 0 Å². The summed E-state index contributed by atoms with van der Waals surface area (Å²) < 4.78 is 34.1. The van der Waals surface area contributed by atoms with Crippen LogP contribution in [0.15, 0.2) is 0 Å². The summed E-state index contributed by atoms with van der Waals surface area (Å²) in [5, 5.41) is 0. The second-order valence-electron chi connectivity index (χ2n) is 3.09. The Morgan fingerprint density at radius 2 is 1.00 bits per heavy atom. The zero-order valence-electron chi connectivity index (χ0n) is 6.49. The van der Waals surface area contributed by atoms with E-state index in [9.17, 15) is 0 Å². The van der Waals surface area contributed by atoms with Crippen molar-refractivity contribution in [2.24, 2.45) is 0 Å². The Morgan fingerprint density at radius 3 is 1.00 bits per heavy atom. The third kappa shape index (κ3) is 2530. The van der Waals surface area contributed by atoms with Crippen molar-refractivity contribution in [2.45, 2.75) is 22.8 Å². The van der Waals surface area contributed by atoms with Gasteiger partial charge in [0.1, 0.15) is 0 Å². The first-order valence-electron chi connectivity index (χ1n) is 2.46. The molecule has 0 heterocycles. The first kappa shape index (κ1) is 13.0. The van der Waals surface area contributed by atoms with Crippen LogP contribution in [-0.4, -0.2) is 31.1 Å². The van der Waals surface area contributed by atoms with Crippen molar-refractivity contribution in [2.75, 3.05) is 0 Å². The van der Waals surface area contributed by atoms with Crippen LogP contribution in [0.25, 0.3) is 0 Å². The average Bonchev–Trinajstić information content (AvgIpc) is 1.12. The van der Waals surface area contributed by atoms with Crippen molar-refractivity contribution >= 4 is 24.0 Å². The van der Waals surface area contributed by atoms with Gasteiger partial charge in [0, 0.05) is 10.4 Å². The summed E-state index contributed by atoms with van der Waals surface area (Å²) in [6.07, 6.45) is 0. The molecule has 0 N–H and O–H groups in total. The fourth-order valence-corrected chi connectivity index (χ4v) is 0. The van der Waals surface area contributed by atoms with Gasteiger partial charge < -0.3 is 9.11 Å². The Labute approximate surface area is 64.7 Å². The van der Waals surface area contributed by atoms with Gasteiger partial charge in [-0.15, -0.1) is 0 Å². The van der Waals surface area contributed by atoms with Crippen LogP contribution in [0.5, 0.6) is 0 Å². The van der Waals surface area contributed by atoms with Crippen LogP contribution in [0.2, 0.25) is 22.8 Å². The van der Waals surface area contributed by atoms with Gasteiger partial charge in [-0.05, 0) is 0 Å². The van der Waals surface area contributed by atoms with Gasteiger partial charge in [0.25, 0.3) is 0 Å². The maximum atomic E-state index is 8.52. The van der Waals surface area contributed by atoms with Crippen LogP contribution < -0.4 is 0 Å². The Kier molecular flexibility index (Phi) is 5.66. The minimum absolute atomic E-state index is 0.875. The van der Waals surface area contributed by atoms with E-state index in [1.54, 1.807) is 0 Å². The summed E-state index contributed by atoms with van der Waals surface area (Å²) in [6, 6.07) is 0. The van der Waals surface area contributed by atoms with Gasteiger partial charge in [-0.2, -0.15) is 0 Å². The molecule has 0 spiro atoms. The predicted molar refractivity (Wildman–Crippen MR) is 39.7 cm³/mol. The van der Waals surface area contributed by atoms with Crippen LogP contribution in [0.1, 0.15) is 0 Å². The van der Waals surface area contributed by atoms with Crippen molar-refractivity contribution < 1.29 is 17.5 Å². The van der Waals surface area contributed by atoms with Gasteiger partial charge in [0.2, 0.25) is 0 Å². The molecule has 0 bridgehead atoms. The fraction of sp³-hybridized carbons (Fsp3) is 1.00. The third-order valence-corrected chi connectivity index (χ3v) is 0. The van der Waals surface area contributed by atoms with Crippen LogP contribution in [0.4, 0.5) is 0 Å². The predicted octanol–water partition coefficient (Wildman–Crippen LogP) is 0.616. The zero-order chi connectivity index (χ0) is 9.00. The second-order valence-corrected chi connectivity index (χ2v) is 15.2. The Bertz CT molecular complexity index is 152. The van der Waals surface area contributed by atoms with E-state index in [4.69, 9.17) is 17.5 Å². The van der Waals surface area contributed by atoms with Crippen LogP contribution >= 0.6 is 0 Å². The molecule has 0 unspecified atom stereocenters. The molecule has 0 aliphatic rings. The number of rotatable bonds is 0. The summed E-state index contributed by atoms with van der Waals surface area (Å²) in [7, 11) is -5.17. The quantitative estimate of drug-likeness (QED) is 0.347. The van der Waals surface area contributed by atoms with E-state index in [2.05, 4.69) is 22.8 Å². The smallest absolute Gasteiger partial charge is 0.0311 e. The summed E-state index contributed by atoms with van der Waals surface area (Å²) in [5.74, 6) is 0. The summed E-state index contributed by atoms with van der Waals surface area (Å²) >= 11 is -0.875. The van der Waals surface area contributed by atoms with E-state index in [1.165, 1.54) is 0 Å². The standard InChI is InChI=1S/C4H12As.H2O4S/c2*1-5(2,3)4/h1-4H3;(H2,1,2,3,4)/q+1;/p-2. The minimum Gasteiger partial charge on any atom is -0.759 e. The SMILES string of the molecule is C[As+](C)(C)C.O=S(=O)([O-])[O-]. The molecular weight excluding hydrogens is 219 g/mol. The largest absolute Gasteiger partial charge is 0.759 e. The van der Waals surface area contributed by atoms with Crippen LogP contribution in [-0.2, 0) is 10.4 Å². The van der Waals surface area contributed by atoms with Crippen molar-refractivity contribution in [3.05, 3.63) is 0 Å². The summed E-state index contributed by atoms with van der Waals surface area (Å²) in [4.78, 5) is 0. The third-order valence-electron chi connectivity index (χ3n) is 0. The Hall–Kier alpha value is 0.428. The monoisotopic (exact) mass is 231 g/mol. The van der Waals surface area contributed by atoms with Crippen molar-refractivity contribution in [3.8, 4) is 0 Å². The molecule has 0 aromatic heterocycles. The molecule has 0 fully saturated rings. The van der Waals surface area contributed by atoms with Crippen molar-refractivity contribution in [1.82, 2.24) is 0 Å². The molecule has 10 heavy (non-hydrogen) atoms. The molecule has 4 nitrogen and oxygen atoms in total. The molecule has 0 aliphatic carbocycles. The molecule has 6 heteroatoms.